The predicted molar refractivity (Wildman–Crippen MR) is 63.2 cm³/mol. The molecular formula is C13H18O3. The zero-order valence-electron chi connectivity index (χ0n) is 10.1. The van der Waals surface area contributed by atoms with Gasteiger partial charge in [-0.2, -0.15) is 0 Å². The summed E-state index contributed by atoms with van der Waals surface area (Å²) in [6.45, 7) is 1.62. The molecule has 0 unspecified atom stereocenters. The van der Waals surface area contributed by atoms with Gasteiger partial charge in [0.25, 0.3) is 0 Å². The van der Waals surface area contributed by atoms with Crippen LogP contribution in [0.5, 0.6) is 11.5 Å². The van der Waals surface area contributed by atoms with Gasteiger partial charge in [0.15, 0.2) is 0 Å². The number of hydrogen-bond acceptors (Lipinski definition) is 3. The summed E-state index contributed by atoms with van der Waals surface area (Å²) in [5, 5.41) is 0. The molecule has 0 aliphatic heterocycles. The van der Waals surface area contributed by atoms with Gasteiger partial charge in [-0.25, -0.2) is 0 Å². The van der Waals surface area contributed by atoms with Gasteiger partial charge < -0.3 is 14.3 Å². The molecule has 0 aliphatic carbocycles. The van der Waals surface area contributed by atoms with Crippen molar-refractivity contribution in [2.24, 2.45) is 0 Å². The van der Waals surface area contributed by atoms with Gasteiger partial charge in [0.05, 0.1) is 14.2 Å². The first-order chi connectivity index (χ1) is 7.65. The van der Waals surface area contributed by atoms with Crippen LogP contribution in [0, 0.1) is 0 Å². The third-order valence-electron chi connectivity index (χ3n) is 2.41. The maximum Gasteiger partial charge on any atom is 0.129 e. The Kier molecular flexibility index (Phi) is 4.83. The molecule has 3 nitrogen and oxygen atoms in total. The summed E-state index contributed by atoms with van der Waals surface area (Å²) < 4.78 is 10.4. The summed E-state index contributed by atoms with van der Waals surface area (Å²) in [5.74, 6) is 1.81. The van der Waals surface area contributed by atoms with E-state index >= 15 is 0 Å². The van der Waals surface area contributed by atoms with Crippen LogP contribution < -0.4 is 9.47 Å². The molecule has 0 radical (unpaired) electrons. The molecule has 0 aromatic heterocycles. The molecule has 16 heavy (non-hydrogen) atoms. The molecule has 0 amide bonds. The minimum absolute atomic E-state index is 0.231. The summed E-state index contributed by atoms with van der Waals surface area (Å²) in [4.78, 5) is 10.8. The Morgan fingerprint density at radius 2 is 1.69 bits per heavy atom. The Morgan fingerprint density at radius 1 is 1.12 bits per heavy atom. The monoisotopic (exact) mass is 222 g/mol. The van der Waals surface area contributed by atoms with Crippen LogP contribution in [0.1, 0.15) is 25.3 Å². The van der Waals surface area contributed by atoms with Crippen LogP contribution >= 0.6 is 0 Å². The van der Waals surface area contributed by atoms with Crippen LogP contribution in [0.3, 0.4) is 0 Å². The highest BCUT2D eigenvalue weighted by Gasteiger charge is 2.02. The topological polar surface area (TPSA) is 35.5 Å². The standard InChI is InChI=1S/C13H18O3/c1-10(14)5-4-6-11-7-12(15-2)9-13(8-11)16-3/h7-9H,4-6H2,1-3H3. The molecule has 0 bridgehead atoms. The number of rotatable bonds is 6. The van der Waals surface area contributed by atoms with Crippen molar-refractivity contribution >= 4 is 5.78 Å². The Bertz CT molecular complexity index is 336. The van der Waals surface area contributed by atoms with Crippen molar-refractivity contribution in [1.29, 1.82) is 0 Å². The van der Waals surface area contributed by atoms with E-state index in [2.05, 4.69) is 0 Å². The molecular weight excluding hydrogens is 204 g/mol. The van der Waals surface area contributed by atoms with E-state index in [9.17, 15) is 4.79 Å². The van der Waals surface area contributed by atoms with Crippen LogP contribution in [0.15, 0.2) is 18.2 Å². The molecule has 1 aromatic rings. The third kappa shape index (κ3) is 3.93. The lowest BCUT2D eigenvalue weighted by Gasteiger charge is -2.07. The van der Waals surface area contributed by atoms with E-state index < -0.39 is 0 Å². The lowest BCUT2D eigenvalue weighted by molar-refractivity contribution is -0.117. The van der Waals surface area contributed by atoms with Crippen molar-refractivity contribution in [2.45, 2.75) is 26.2 Å². The van der Waals surface area contributed by atoms with E-state index in [0.717, 1.165) is 29.9 Å². The van der Waals surface area contributed by atoms with Crippen molar-refractivity contribution in [3.05, 3.63) is 23.8 Å². The molecule has 1 aromatic carbocycles. The fourth-order valence-electron chi connectivity index (χ4n) is 1.55. The van der Waals surface area contributed by atoms with Crippen molar-refractivity contribution in [1.82, 2.24) is 0 Å². The normalized spacial score (nSPS) is 9.94. The van der Waals surface area contributed by atoms with Crippen molar-refractivity contribution in [3.63, 3.8) is 0 Å². The average molecular weight is 222 g/mol. The molecule has 3 heteroatoms. The highest BCUT2D eigenvalue weighted by Crippen LogP contribution is 2.23. The zero-order chi connectivity index (χ0) is 12.0. The van der Waals surface area contributed by atoms with Gasteiger partial charge >= 0.3 is 0 Å². The summed E-state index contributed by atoms with van der Waals surface area (Å²) in [5.41, 5.74) is 1.14. The molecule has 88 valence electrons. The number of aryl methyl sites for hydroxylation is 1. The molecule has 0 fully saturated rings. The fraction of sp³-hybridized carbons (Fsp3) is 0.462. The molecule has 0 saturated heterocycles. The van der Waals surface area contributed by atoms with Crippen molar-refractivity contribution < 1.29 is 14.3 Å². The van der Waals surface area contributed by atoms with Crippen LogP contribution in [-0.2, 0) is 11.2 Å². The average Bonchev–Trinajstić information content (AvgIpc) is 2.28. The lowest BCUT2D eigenvalue weighted by Crippen LogP contribution is -1.94. The second kappa shape index (κ2) is 6.16. The maximum atomic E-state index is 10.8. The van der Waals surface area contributed by atoms with E-state index in [4.69, 9.17) is 9.47 Å². The quantitative estimate of drug-likeness (QED) is 0.742. The molecule has 0 heterocycles. The molecule has 1 rings (SSSR count). The smallest absolute Gasteiger partial charge is 0.129 e. The maximum absolute atomic E-state index is 10.8. The van der Waals surface area contributed by atoms with E-state index in [1.54, 1.807) is 21.1 Å². The summed E-state index contributed by atoms with van der Waals surface area (Å²) in [7, 11) is 3.27. The lowest BCUT2D eigenvalue weighted by atomic mass is 10.1. The van der Waals surface area contributed by atoms with Gasteiger partial charge in [0, 0.05) is 12.5 Å². The first-order valence-corrected chi connectivity index (χ1v) is 5.37. The number of ketones is 1. The minimum Gasteiger partial charge on any atom is -0.497 e. The highest BCUT2D eigenvalue weighted by atomic mass is 16.5. The largest absolute Gasteiger partial charge is 0.497 e. The highest BCUT2D eigenvalue weighted by molar-refractivity contribution is 5.75. The Labute approximate surface area is 96.4 Å². The van der Waals surface area contributed by atoms with E-state index in [0.29, 0.717) is 6.42 Å². The predicted octanol–water partition coefficient (Wildman–Crippen LogP) is 2.62. The second-order valence-corrected chi connectivity index (χ2v) is 3.78. The van der Waals surface area contributed by atoms with Crippen molar-refractivity contribution in [2.75, 3.05) is 14.2 Å². The number of carbonyl (C=O) groups excluding carboxylic acids is 1. The zero-order valence-corrected chi connectivity index (χ0v) is 10.1. The number of ether oxygens (including phenoxy) is 2. The van der Waals surface area contributed by atoms with Gasteiger partial charge in [-0.3, -0.25) is 0 Å². The van der Waals surface area contributed by atoms with Gasteiger partial charge in [0.1, 0.15) is 17.3 Å². The Hall–Kier alpha value is -1.51. The first-order valence-electron chi connectivity index (χ1n) is 5.37. The first kappa shape index (κ1) is 12.6. The van der Waals surface area contributed by atoms with Gasteiger partial charge in [-0.05, 0) is 37.5 Å². The third-order valence-corrected chi connectivity index (χ3v) is 2.41. The molecule has 0 spiro atoms. The van der Waals surface area contributed by atoms with E-state index in [1.807, 2.05) is 18.2 Å². The van der Waals surface area contributed by atoms with Crippen LogP contribution in [0.4, 0.5) is 0 Å². The van der Waals surface area contributed by atoms with E-state index in [1.165, 1.54) is 0 Å². The van der Waals surface area contributed by atoms with Crippen LogP contribution in [0.25, 0.3) is 0 Å². The fourth-order valence-corrected chi connectivity index (χ4v) is 1.55. The van der Waals surface area contributed by atoms with Crippen molar-refractivity contribution in [3.8, 4) is 11.5 Å². The van der Waals surface area contributed by atoms with Gasteiger partial charge in [0.2, 0.25) is 0 Å². The number of benzene rings is 1. The molecule has 0 N–H and O–H groups in total. The number of Topliss-reactive ketones (excluding diaryl/α,β-unsaturated/α-hetero) is 1. The Balaban J connectivity index is 2.67. The SMILES string of the molecule is COc1cc(CCCC(C)=O)cc(OC)c1. The number of carbonyl (C=O) groups is 1. The summed E-state index contributed by atoms with van der Waals surface area (Å²) in [6.07, 6.45) is 2.36. The van der Waals surface area contributed by atoms with Gasteiger partial charge in [-0.1, -0.05) is 0 Å². The molecule has 0 saturated carbocycles. The molecule has 0 atom stereocenters. The number of methoxy groups -OCH3 is 2. The summed E-state index contributed by atoms with van der Waals surface area (Å²) in [6, 6.07) is 5.79. The molecule has 0 aliphatic rings. The number of hydrogen-bond donors (Lipinski definition) is 0. The second-order valence-electron chi connectivity index (χ2n) is 3.78. The van der Waals surface area contributed by atoms with Gasteiger partial charge in [-0.15, -0.1) is 0 Å². The van der Waals surface area contributed by atoms with E-state index in [-0.39, 0.29) is 5.78 Å². The Morgan fingerprint density at radius 3 is 2.12 bits per heavy atom. The van der Waals surface area contributed by atoms with Crippen LogP contribution in [0.2, 0.25) is 0 Å². The van der Waals surface area contributed by atoms with Crippen LogP contribution in [-0.4, -0.2) is 20.0 Å². The summed E-state index contributed by atoms with van der Waals surface area (Å²) >= 11 is 0. The minimum atomic E-state index is 0.231.